The molecule has 1 heterocycles. The number of amides is 2. The van der Waals surface area contributed by atoms with E-state index in [0.717, 1.165) is 17.7 Å². The highest BCUT2D eigenvalue weighted by Crippen LogP contribution is 2.35. The predicted molar refractivity (Wildman–Crippen MR) is 73.4 cm³/mol. The van der Waals surface area contributed by atoms with Crippen LogP contribution in [0.25, 0.3) is 0 Å². The van der Waals surface area contributed by atoms with Crippen LogP contribution in [0, 0.1) is 10.1 Å². The first-order valence-corrected chi connectivity index (χ1v) is 6.68. The average Bonchev–Trinajstić information content (AvgIpc) is 2.75. The number of nitrogens with zero attached hydrogens (tertiary/aromatic N) is 2. The summed E-state index contributed by atoms with van der Waals surface area (Å²) >= 11 is 0. The lowest BCUT2D eigenvalue weighted by Gasteiger charge is -2.15. The van der Waals surface area contributed by atoms with E-state index in [1.165, 1.54) is 6.07 Å². The van der Waals surface area contributed by atoms with Crippen molar-refractivity contribution in [3.05, 3.63) is 33.9 Å². The Balaban J connectivity index is 2.49. The summed E-state index contributed by atoms with van der Waals surface area (Å²) in [5, 5.41) is 11.3. The van der Waals surface area contributed by atoms with Crippen molar-refractivity contribution in [3.8, 4) is 0 Å². The number of para-hydroxylation sites is 1. The monoisotopic (exact) mass is 276 g/mol. The fourth-order valence-corrected chi connectivity index (χ4v) is 2.38. The molecule has 20 heavy (non-hydrogen) atoms. The zero-order chi connectivity index (χ0) is 14.7. The fourth-order valence-electron chi connectivity index (χ4n) is 2.38. The van der Waals surface area contributed by atoms with Crippen molar-refractivity contribution >= 4 is 23.2 Å². The minimum Gasteiger partial charge on any atom is -0.274 e. The molecule has 1 fully saturated rings. The summed E-state index contributed by atoms with van der Waals surface area (Å²) in [5.41, 5.74) is 0.558. The predicted octanol–water partition coefficient (Wildman–Crippen LogP) is 2.59. The van der Waals surface area contributed by atoms with Gasteiger partial charge in [-0.25, -0.2) is 4.90 Å². The quantitative estimate of drug-likeness (QED) is 0.470. The molecule has 0 unspecified atom stereocenters. The third-order valence-electron chi connectivity index (χ3n) is 3.37. The van der Waals surface area contributed by atoms with Gasteiger partial charge in [0, 0.05) is 18.4 Å². The standard InChI is InChI=1S/C14H16N2O4/c1-2-3-5-10-6-4-7-11(14(10)16(19)20)15-12(17)8-9-13(15)18/h4,6-7H,2-3,5,8-9H2,1H3. The first-order chi connectivity index (χ1) is 9.56. The van der Waals surface area contributed by atoms with E-state index in [0.29, 0.717) is 12.0 Å². The number of carbonyl (C=O) groups excluding carboxylic acids is 2. The highest BCUT2D eigenvalue weighted by Gasteiger charge is 2.35. The van der Waals surface area contributed by atoms with Gasteiger partial charge in [0.25, 0.3) is 5.69 Å². The van der Waals surface area contributed by atoms with Crippen LogP contribution in [0.15, 0.2) is 18.2 Å². The van der Waals surface area contributed by atoms with E-state index in [1.54, 1.807) is 12.1 Å². The number of benzene rings is 1. The molecule has 1 aromatic rings. The number of unbranched alkanes of at least 4 members (excludes halogenated alkanes) is 1. The van der Waals surface area contributed by atoms with Gasteiger partial charge >= 0.3 is 0 Å². The number of imide groups is 1. The molecule has 0 aliphatic carbocycles. The van der Waals surface area contributed by atoms with Gasteiger partial charge in [-0.05, 0) is 18.9 Å². The third kappa shape index (κ3) is 2.54. The number of nitro benzene ring substituents is 1. The molecular weight excluding hydrogens is 260 g/mol. The number of aryl methyl sites for hydroxylation is 1. The van der Waals surface area contributed by atoms with Crippen LogP contribution < -0.4 is 4.90 Å². The molecule has 0 N–H and O–H groups in total. The first kappa shape index (κ1) is 14.2. The van der Waals surface area contributed by atoms with Crippen LogP contribution in [-0.4, -0.2) is 16.7 Å². The Labute approximate surface area is 116 Å². The van der Waals surface area contributed by atoms with Gasteiger partial charge < -0.3 is 0 Å². The van der Waals surface area contributed by atoms with Gasteiger partial charge in [-0.2, -0.15) is 0 Å². The molecule has 1 aliphatic heterocycles. The highest BCUT2D eigenvalue weighted by atomic mass is 16.6. The maximum absolute atomic E-state index is 11.8. The van der Waals surface area contributed by atoms with Crippen LogP contribution in [0.5, 0.6) is 0 Å². The van der Waals surface area contributed by atoms with Crippen molar-refractivity contribution in [3.63, 3.8) is 0 Å². The van der Waals surface area contributed by atoms with E-state index >= 15 is 0 Å². The smallest absolute Gasteiger partial charge is 0.274 e. The summed E-state index contributed by atoms with van der Waals surface area (Å²) < 4.78 is 0. The molecule has 0 radical (unpaired) electrons. The molecule has 2 amide bonds. The van der Waals surface area contributed by atoms with Crippen LogP contribution in [0.2, 0.25) is 0 Å². The Morgan fingerprint density at radius 2 is 1.90 bits per heavy atom. The molecule has 0 bridgehead atoms. The van der Waals surface area contributed by atoms with Gasteiger partial charge in [-0.1, -0.05) is 25.5 Å². The SMILES string of the molecule is CCCCc1cccc(N2C(=O)CCC2=O)c1[N+](=O)[O-]. The maximum Gasteiger partial charge on any atom is 0.296 e. The topological polar surface area (TPSA) is 80.5 Å². The third-order valence-corrected chi connectivity index (χ3v) is 3.37. The Morgan fingerprint density at radius 3 is 2.45 bits per heavy atom. The zero-order valence-corrected chi connectivity index (χ0v) is 11.3. The van der Waals surface area contributed by atoms with E-state index in [9.17, 15) is 19.7 Å². The van der Waals surface area contributed by atoms with Crippen LogP contribution in [-0.2, 0) is 16.0 Å². The lowest BCUT2D eigenvalue weighted by atomic mass is 10.0. The molecule has 0 aromatic heterocycles. The highest BCUT2D eigenvalue weighted by molar-refractivity contribution is 6.20. The van der Waals surface area contributed by atoms with Crippen molar-refractivity contribution in [2.75, 3.05) is 4.90 Å². The summed E-state index contributed by atoms with van der Waals surface area (Å²) in [6.07, 6.45) is 2.55. The molecule has 1 aliphatic rings. The van der Waals surface area contributed by atoms with Crippen molar-refractivity contribution in [1.82, 2.24) is 0 Å². The zero-order valence-electron chi connectivity index (χ0n) is 11.3. The second kappa shape index (κ2) is 5.81. The summed E-state index contributed by atoms with van der Waals surface area (Å²) in [6, 6.07) is 4.81. The molecule has 2 rings (SSSR count). The van der Waals surface area contributed by atoms with Gasteiger partial charge in [-0.15, -0.1) is 0 Å². The summed E-state index contributed by atoms with van der Waals surface area (Å²) in [4.78, 5) is 35.3. The van der Waals surface area contributed by atoms with Crippen LogP contribution in [0.1, 0.15) is 38.2 Å². The minimum atomic E-state index is -0.501. The minimum absolute atomic E-state index is 0.108. The van der Waals surface area contributed by atoms with Crippen molar-refractivity contribution in [2.24, 2.45) is 0 Å². The van der Waals surface area contributed by atoms with E-state index < -0.39 is 4.92 Å². The molecule has 1 saturated heterocycles. The van der Waals surface area contributed by atoms with Crippen LogP contribution >= 0.6 is 0 Å². The number of nitro groups is 1. The molecule has 6 heteroatoms. The second-order valence-corrected chi connectivity index (χ2v) is 4.77. The molecular formula is C14H16N2O4. The Morgan fingerprint density at radius 1 is 1.25 bits per heavy atom. The summed E-state index contributed by atoms with van der Waals surface area (Å²) in [5.74, 6) is -0.739. The summed E-state index contributed by atoms with van der Waals surface area (Å²) in [7, 11) is 0. The van der Waals surface area contributed by atoms with Crippen molar-refractivity contribution < 1.29 is 14.5 Å². The van der Waals surface area contributed by atoms with Gasteiger partial charge in [0.15, 0.2) is 0 Å². The molecule has 0 atom stereocenters. The van der Waals surface area contributed by atoms with E-state index in [2.05, 4.69) is 0 Å². The molecule has 1 aromatic carbocycles. The Kier molecular flexibility index (Phi) is 4.12. The number of hydrogen-bond acceptors (Lipinski definition) is 4. The Hall–Kier alpha value is -2.24. The van der Waals surface area contributed by atoms with E-state index in [-0.39, 0.29) is 36.0 Å². The average molecular weight is 276 g/mol. The Bertz CT molecular complexity index is 552. The first-order valence-electron chi connectivity index (χ1n) is 6.68. The second-order valence-electron chi connectivity index (χ2n) is 4.77. The largest absolute Gasteiger partial charge is 0.296 e. The van der Waals surface area contributed by atoms with Gasteiger partial charge in [-0.3, -0.25) is 19.7 Å². The lowest BCUT2D eigenvalue weighted by Crippen LogP contribution is -2.29. The number of carbonyl (C=O) groups is 2. The fraction of sp³-hybridized carbons (Fsp3) is 0.429. The summed E-state index contributed by atoms with van der Waals surface area (Å²) in [6.45, 7) is 2.00. The van der Waals surface area contributed by atoms with Crippen LogP contribution in [0.3, 0.4) is 0 Å². The van der Waals surface area contributed by atoms with E-state index in [4.69, 9.17) is 0 Å². The van der Waals surface area contributed by atoms with Gasteiger partial charge in [0.05, 0.1) is 4.92 Å². The number of anilines is 1. The molecule has 6 nitrogen and oxygen atoms in total. The normalized spacial score (nSPS) is 14.9. The molecule has 0 spiro atoms. The lowest BCUT2D eigenvalue weighted by molar-refractivity contribution is -0.384. The molecule has 0 saturated carbocycles. The van der Waals surface area contributed by atoms with Crippen molar-refractivity contribution in [2.45, 2.75) is 39.0 Å². The number of hydrogen-bond donors (Lipinski definition) is 0. The van der Waals surface area contributed by atoms with Gasteiger partial charge in [0.1, 0.15) is 5.69 Å². The van der Waals surface area contributed by atoms with Crippen LogP contribution in [0.4, 0.5) is 11.4 Å². The molecule has 106 valence electrons. The van der Waals surface area contributed by atoms with Gasteiger partial charge in [0.2, 0.25) is 11.8 Å². The number of rotatable bonds is 5. The van der Waals surface area contributed by atoms with E-state index in [1.807, 2.05) is 6.92 Å². The van der Waals surface area contributed by atoms with Crippen molar-refractivity contribution in [1.29, 1.82) is 0 Å². The maximum atomic E-state index is 11.8.